The molecule has 7 heteroatoms. The van der Waals surface area contributed by atoms with Crippen molar-refractivity contribution in [3.8, 4) is 0 Å². The van der Waals surface area contributed by atoms with Crippen LogP contribution in [-0.4, -0.2) is 65.1 Å². The minimum atomic E-state index is -0.0689. The Kier molecular flexibility index (Phi) is 6.36. The molecule has 2 aliphatic heterocycles. The van der Waals surface area contributed by atoms with Gasteiger partial charge in [-0.3, -0.25) is 14.5 Å². The van der Waals surface area contributed by atoms with Gasteiger partial charge in [0.1, 0.15) is 0 Å². The van der Waals surface area contributed by atoms with Crippen LogP contribution in [0.2, 0.25) is 0 Å². The highest BCUT2D eigenvalue weighted by molar-refractivity contribution is 7.09. The van der Waals surface area contributed by atoms with Gasteiger partial charge < -0.3 is 4.90 Å². The molecule has 4 rings (SSSR count). The molecule has 0 N–H and O–H groups in total. The van der Waals surface area contributed by atoms with Crippen LogP contribution in [0.5, 0.6) is 0 Å². The van der Waals surface area contributed by atoms with Crippen molar-refractivity contribution in [1.29, 1.82) is 0 Å². The van der Waals surface area contributed by atoms with E-state index in [0.717, 1.165) is 50.4 Å². The molecule has 3 heterocycles. The number of carbonyl (C=O) groups is 2. The Morgan fingerprint density at radius 2 is 1.66 bits per heavy atom. The van der Waals surface area contributed by atoms with Gasteiger partial charge in [0.2, 0.25) is 11.8 Å². The predicted molar refractivity (Wildman–Crippen MR) is 115 cm³/mol. The number of nitrogens with zero attached hydrogens (tertiary/aromatic N) is 4. The predicted octanol–water partition coefficient (Wildman–Crippen LogP) is 2.81. The fourth-order valence-corrected chi connectivity index (χ4v) is 4.50. The van der Waals surface area contributed by atoms with Gasteiger partial charge in [-0.25, -0.2) is 5.01 Å². The molecule has 0 bridgehead atoms. The average molecular weight is 411 g/mol. The lowest BCUT2D eigenvalue weighted by Crippen LogP contribution is -2.48. The van der Waals surface area contributed by atoms with Gasteiger partial charge in [0.25, 0.3) is 0 Å². The van der Waals surface area contributed by atoms with Crippen LogP contribution in [0.3, 0.4) is 0 Å². The number of hydrazone groups is 1. The number of hydrogen-bond donors (Lipinski definition) is 0. The Labute approximate surface area is 175 Å². The lowest BCUT2D eigenvalue weighted by atomic mass is 10.1. The Hall–Kier alpha value is -2.51. The molecule has 0 unspecified atom stereocenters. The number of thiophene rings is 1. The van der Waals surface area contributed by atoms with Crippen LogP contribution in [-0.2, 0) is 16.1 Å². The quantitative estimate of drug-likeness (QED) is 0.736. The summed E-state index contributed by atoms with van der Waals surface area (Å²) in [5.41, 5.74) is 1.99. The van der Waals surface area contributed by atoms with Crippen molar-refractivity contribution in [2.75, 3.05) is 32.7 Å². The van der Waals surface area contributed by atoms with E-state index in [1.165, 1.54) is 9.89 Å². The van der Waals surface area contributed by atoms with E-state index in [2.05, 4.69) is 27.5 Å². The maximum atomic E-state index is 12.5. The summed E-state index contributed by atoms with van der Waals surface area (Å²) in [5.74, 6) is 0.00111. The molecule has 1 saturated heterocycles. The maximum absolute atomic E-state index is 12.5. The van der Waals surface area contributed by atoms with Gasteiger partial charge in [0.05, 0.1) is 12.3 Å². The molecule has 0 spiro atoms. The lowest BCUT2D eigenvalue weighted by molar-refractivity contribution is -0.137. The molecule has 1 fully saturated rings. The molecule has 0 saturated carbocycles. The zero-order chi connectivity index (χ0) is 20.1. The van der Waals surface area contributed by atoms with Crippen LogP contribution >= 0.6 is 11.3 Å². The van der Waals surface area contributed by atoms with E-state index in [1.54, 1.807) is 11.3 Å². The zero-order valence-corrected chi connectivity index (χ0v) is 17.3. The summed E-state index contributed by atoms with van der Waals surface area (Å²) in [7, 11) is 0. The number of piperazine rings is 1. The third-order valence-electron chi connectivity index (χ3n) is 5.43. The van der Waals surface area contributed by atoms with E-state index in [-0.39, 0.29) is 24.7 Å². The number of amides is 2. The molecule has 2 aliphatic rings. The first-order valence-corrected chi connectivity index (χ1v) is 11.0. The zero-order valence-electron chi connectivity index (χ0n) is 16.5. The van der Waals surface area contributed by atoms with E-state index in [0.29, 0.717) is 6.54 Å². The summed E-state index contributed by atoms with van der Waals surface area (Å²) in [5, 5.41) is 8.08. The second kappa shape index (κ2) is 9.33. The first kappa shape index (κ1) is 19.8. The van der Waals surface area contributed by atoms with Crippen molar-refractivity contribution in [2.45, 2.75) is 25.8 Å². The van der Waals surface area contributed by atoms with Crippen molar-refractivity contribution < 1.29 is 9.59 Å². The number of hydrogen-bond acceptors (Lipinski definition) is 5. The summed E-state index contributed by atoms with van der Waals surface area (Å²) < 4.78 is 0. The molecular formula is C22H26N4O2S. The van der Waals surface area contributed by atoms with Crippen LogP contribution in [0.25, 0.3) is 0 Å². The summed E-state index contributed by atoms with van der Waals surface area (Å²) in [6.07, 6.45) is 1.24. The topological polar surface area (TPSA) is 56.2 Å². The number of carbonyl (C=O) groups excluding carboxylic acids is 2. The second-order valence-corrected chi connectivity index (χ2v) is 8.45. The van der Waals surface area contributed by atoms with E-state index >= 15 is 0 Å². The number of benzene rings is 1. The van der Waals surface area contributed by atoms with E-state index < -0.39 is 0 Å². The van der Waals surface area contributed by atoms with Gasteiger partial charge in [-0.1, -0.05) is 36.4 Å². The molecule has 1 aromatic heterocycles. The third-order valence-corrected chi connectivity index (χ3v) is 6.30. The second-order valence-electron chi connectivity index (χ2n) is 7.42. The Balaban J connectivity index is 1.21. The van der Waals surface area contributed by atoms with E-state index in [1.807, 2.05) is 35.2 Å². The molecule has 0 radical (unpaired) electrons. The first-order valence-electron chi connectivity index (χ1n) is 10.1. The normalized spacial score (nSPS) is 17.4. The molecule has 0 atom stereocenters. The van der Waals surface area contributed by atoms with Crippen molar-refractivity contribution in [3.63, 3.8) is 0 Å². The monoisotopic (exact) mass is 410 g/mol. The Morgan fingerprint density at radius 1 is 0.897 bits per heavy atom. The lowest BCUT2D eigenvalue weighted by Gasteiger charge is -2.34. The highest BCUT2D eigenvalue weighted by Gasteiger charge is 2.25. The highest BCUT2D eigenvalue weighted by atomic mass is 32.1. The van der Waals surface area contributed by atoms with Gasteiger partial charge in [0.15, 0.2) is 0 Å². The molecular weight excluding hydrogens is 384 g/mol. The third kappa shape index (κ3) is 5.10. The molecule has 29 heavy (non-hydrogen) atoms. The summed E-state index contributed by atoms with van der Waals surface area (Å²) in [4.78, 5) is 30.6. The maximum Gasteiger partial charge on any atom is 0.243 e. The first-order chi connectivity index (χ1) is 14.2. The molecule has 152 valence electrons. The van der Waals surface area contributed by atoms with Crippen LogP contribution in [0.15, 0.2) is 52.9 Å². The van der Waals surface area contributed by atoms with Gasteiger partial charge in [-0.2, -0.15) is 5.10 Å². The molecule has 0 aliphatic carbocycles. The molecule has 2 aromatic rings. The van der Waals surface area contributed by atoms with E-state index in [9.17, 15) is 9.59 Å². The standard InChI is InChI=1S/C22H26N4O2S/c27-21(25-14-12-24(13-15-25)17-19-7-4-16-29-19)8-9-22(28)26-11-10-20(23-26)18-5-2-1-3-6-18/h1-7,16H,8-15,17H2. The van der Waals surface area contributed by atoms with Crippen molar-refractivity contribution in [1.82, 2.24) is 14.8 Å². The fourth-order valence-electron chi connectivity index (χ4n) is 3.75. The fraction of sp³-hybridized carbons (Fsp3) is 0.409. The van der Waals surface area contributed by atoms with Crippen LogP contribution < -0.4 is 0 Å². The SMILES string of the molecule is O=C(CCC(=O)N1CCC(c2ccccc2)=N1)N1CCN(Cc2cccs2)CC1. The van der Waals surface area contributed by atoms with Crippen molar-refractivity contribution in [2.24, 2.45) is 5.10 Å². The van der Waals surface area contributed by atoms with Gasteiger partial charge in [0, 0.05) is 56.9 Å². The van der Waals surface area contributed by atoms with E-state index in [4.69, 9.17) is 0 Å². The number of rotatable bonds is 6. The Morgan fingerprint density at radius 3 is 2.38 bits per heavy atom. The van der Waals surface area contributed by atoms with Gasteiger partial charge in [-0.05, 0) is 17.0 Å². The minimum Gasteiger partial charge on any atom is -0.340 e. The summed E-state index contributed by atoms with van der Waals surface area (Å²) in [6.45, 7) is 4.78. The van der Waals surface area contributed by atoms with Crippen molar-refractivity contribution >= 4 is 28.9 Å². The van der Waals surface area contributed by atoms with Gasteiger partial charge >= 0.3 is 0 Å². The molecule has 2 amide bonds. The minimum absolute atomic E-state index is 0.0689. The van der Waals surface area contributed by atoms with Crippen molar-refractivity contribution in [3.05, 3.63) is 58.3 Å². The molecule has 6 nitrogen and oxygen atoms in total. The molecule has 1 aromatic carbocycles. The average Bonchev–Trinajstić information content (AvgIpc) is 3.45. The highest BCUT2D eigenvalue weighted by Crippen LogP contribution is 2.16. The van der Waals surface area contributed by atoms with Crippen LogP contribution in [0.1, 0.15) is 29.7 Å². The van der Waals surface area contributed by atoms with Gasteiger partial charge in [-0.15, -0.1) is 11.3 Å². The Bertz CT molecular complexity index is 858. The van der Waals surface area contributed by atoms with Crippen LogP contribution in [0.4, 0.5) is 0 Å². The smallest absolute Gasteiger partial charge is 0.243 e. The largest absolute Gasteiger partial charge is 0.340 e. The summed E-state index contributed by atoms with van der Waals surface area (Å²) in [6, 6.07) is 14.2. The van der Waals surface area contributed by atoms with Crippen LogP contribution in [0, 0.1) is 0 Å². The summed E-state index contributed by atoms with van der Waals surface area (Å²) >= 11 is 1.77.